The minimum atomic E-state index is 0.0591. The van der Waals surface area contributed by atoms with Gasteiger partial charge in [0.2, 0.25) is 0 Å². The van der Waals surface area contributed by atoms with Crippen molar-refractivity contribution in [2.45, 2.75) is 0 Å². The van der Waals surface area contributed by atoms with Crippen LogP contribution in [0.4, 0.5) is 0 Å². The second-order valence-electron chi connectivity index (χ2n) is 6.04. The molecule has 0 bridgehead atoms. The number of pyridine rings is 2. The fourth-order valence-electron chi connectivity index (χ4n) is 3.87. The highest BCUT2D eigenvalue weighted by Crippen LogP contribution is 2.41. The predicted octanol–water partition coefficient (Wildman–Crippen LogP) is 4.81. The van der Waals surface area contributed by atoms with E-state index in [1.807, 2.05) is 40.9 Å². The Morgan fingerprint density at radius 2 is 1.62 bits per heavy atom. The van der Waals surface area contributed by atoms with Crippen LogP contribution in [0.15, 0.2) is 65.7 Å². The van der Waals surface area contributed by atoms with Crippen molar-refractivity contribution in [2.24, 2.45) is 0 Å². The Bertz CT molecular complexity index is 1480. The molecule has 4 aromatic heterocycles. The van der Waals surface area contributed by atoms with Gasteiger partial charge in [-0.2, -0.15) is 0 Å². The number of hydrogen-bond acceptors (Lipinski definition) is 3. The molecule has 0 amide bonds. The Labute approximate surface area is 139 Å². The van der Waals surface area contributed by atoms with Crippen LogP contribution in [0.2, 0.25) is 0 Å². The molecule has 0 spiro atoms. The lowest BCUT2D eigenvalue weighted by Crippen LogP contribution is -2.12. The Morgan fingerprint density at radius 3 is 2.54 bits per heavy atom. The molecule has 3 nitrogen and oxygen atoms in total. The number of hydrogen-bond donors (Lipinski definition) is 0. The standard InChI is InChI=1S/C20H10N2OS/c23-19-13-5-2-1-4-11(13)12-6-3-7-14-17-15-10-21-9-8-16(15)24-20(17)22(19)18(12)14/h1-10H. The second kappa shape index (κ2) is 4.10. The predicted molar refractivity (Wildman–Crippen MR) is 101 cm³/mol. The lowest BCUT2D eigenvalue weighted by molar-refractivity contribution is 1.22. The molecule has 112 valence electrons. The van der Waals surface area contributed by atoms with E-state index in [9.17, 15) is 4.79 Å². The van der Waals surface area contributed by atoms with Crippen LogP contribution in [0, 0.1) is 0 Å². The zero-order valence-electron chi connectivity index (χ0n) is 12.5. The lowest BCUT2D eigenvalue weighted by Gasteiger charge is -2.05. The van der Waals surface area contributed by atoms with Gasteiger partial charge in [0.1, 0.15) is 4.83 Å². The maximum absolute atomic E-state index is 13.2. The topological polar surface area (TPSA) is 34.4 Å². The Kier molecular flexibility index (Phi) is 2.13. The summed E-state index contributed by atoms with van der Waals surface area (Å²) in [4.78, 5) is 18.5. The van der Waals surface area contributed by atoms with E-state index in [0.29, 0.717) is 0 Å². The van der Waals surface area contributed by atoms with Gasteiger partial charge in [-0.15, -0.1) is 11.3 Å². The lowest BCUT2D eigenvalue weighted by atomic mass is 10.0. The van der Waals surface area contributed by atoms with Crippen LogP contribution in [0.1, 0.15) is 0 Å². The minimum absolute atomic E-state index is 0.0591. The highest BCUT2D eigenvalue weighted by atomic mass is 32.1. The summed E-state index contributed by atoms with van der Waals surface area (Å²) in [7, 11) is 0. The maximum Gasteiger partial charge on any atom is 0.264 e. The van der Waals surface area contributed by atoms with E-state index in [-0.39, 0.29) is 5.56 Å². The summed E-state index contributed by atoms with van der Waals surface area (Å²) in [6, 6.07) is 16.2. The summed E-state index contributed by atoms with van der Waals surface area (Å²) in [5.74, 6) is 0. The molecule has 6 rings (SSSR count). The Morgan fingerprint density at radius 1 is 0.833 bits per heavy atom. The number of aromatic nitrogens is 2. The molecule has 2 aromatic carbocycles. The Hall–Kier alpha value is -2.98. The van der Waals surface area contributed by atoms with E-state index in [2.05, 4.69) is 23.2 Å². The number of thiophene rings is 1. The molecule has 0 unspecified atom stereocenters. The van der Waals surface area contributed by atoms with Gasteiger partial charge in [0.25, 0.3) is 5.56 Å². The fourth-order valence-corrected chi connectivity index (χ4v) is 5.06. The minimum Gasteiger partial charge on any atom is -0.268 e. The highest BCUT2D eigenvalue weighted by molar-refractivity contribution is 7.25. The average molecular weight is 326 g/mol. The molecule has 0 N–H and O–H groups in total. The van der Waals surface area contributed by atoms with Crippen molar-refractivity contribution in [1.82, 2.24) is 9.38 Å². The molecule has 6 aromatic rings. The van der Waals surface area contributed by atoms with E-state index in [4.69, 9.17) is 0 Å². The summed E-state index contributed by atoms with van der Waals surface area (Å²) >= 11 is 1.66. The van der Waals surface area contributed by atoms with E-state index in [0.717, 1.165) is 47.4 Å². The van der Waals surface area contributed by atoms with Crippen molar-refractivity contribution in [3.05, 3.63) is 71.3 Å². The number of benzene rings is 2. The highest BCUT2D eigenvalue weighted by Gasteiger charge is 2.19. The van der Waals surface area contributed by atoms with E-state index in [1.165, 1.54) is 0 Å². The van der Waals surface area contributed by atoms with Crippen molar-refractivity contribution >= 4 is 58.7 Å². The molecular weight excluding hydrogens is 316 g/mol. The molecule has 0 aliphatic carbocycles. The molecule has 0 atom stereocenters. The van der Waals surface area contributed by atoms with Crippen LogP contribution in [-0.4, -0.2) is 9.38 Å². The first kappa shape index (κ1) is 12.4. The van der Waals surface area contributed by atoms with Crippen LogP contribution in [0.5, 0.6) is 0 Å². The van der Waals surface area contributed by atoms with E-state index >= 15 is 0 Å². The van der Waals surface area contributed by atoms with Crippen molar-refractivity contribution in [3.8, 4) is 0 Å². The van der Waals surface area contributed by atoms with Crippen molar-refractivity contribution < 1.29 is 0 Å². The number of rotatable bonds is 0. The zero-order chi connectivity index (χ0) is 15.8. The van der Waals surface area contributed by atoms with Crippen molar-refractivity contribution in [2.75, 3.05) is 0 Å². The third-order valence-electron chi connectivity index (χ3n) is 4.85. The van der Waals surface area contributed by atoms with Gasteiger partial charge in [0.15, 0.2) is 0 Å². The largest absolute Gasteiger partial charge is 0.268 e. The van der Waals surface area contributed by atoms with Gasteiger partial charge in [-0.3, -0.25) is 14.2 Å². The number of para-hydroxylation sites is 1. The van der Waals surface area contributed by atoms with Gasteiger partial charge in [0, 0.05) is 44.0 Å². The van der Waals surface area contributed by atoms with Crippen LogP contribution >= 0.6 is 11.3 Å². The number of nitrogens with zero attached hydrogens (tertiary/aromatic N) is 2. The maximum atomic E-state index is 13.2. The summed E-state index contributed by atoms with van der Waals surface area (Å²) in [6.45, 7) is 0. The summed E-state index contributed by atoms with van der Waals surface area (Å²) < 4.78 is 3.06. The quantitative estimate of drug-likeness (QED) is 0.376. The molecule has 0 fully saturated rings. The second-order valence-corrected chi connectivity index (χ2v) is 7.07. The SMILES string of the molecule is O=c1c2ccccc2c2cccc3c4c5cnccc5sc4n1c23. The molecule has 24 heavy (non-hydrogen) atoms. The zero-order valence-corrected chi connectivity index (χ0v) is 13.3. The van der Waals surface area contributed by atoms with Gasteiger partial charge in [0.05, 0.1) is 5.52 Å². The van der Waals surface area contributed by atoms with Crippen molar-refractivity contribution in [3.63, 3.8) is 0 Å². The number of fused-ring (bicyclic) bond motifs is 7. The molecular formula is C20H10N2OS. The third-order valence-corrected chi connectivity index (χ3v) is 6.01. The van der Waals surface area contributed by atoms with Crippen LogP contribution < -0.4 is 5.56 Å². The first-order valence-corrected chi connectivity index (χ1v) is 8.60. The molecule has 0 aliphatic rings. The smallest absolute Gasteiger partial charge is 0.264 e. The fraction of sp³-hybridized carbons (Fsp3) is 0. The normalized spacial score (nSPS) is 12.3. The monoisotopic (exact) mass is 326 g/mol. The first-order chi connectivity index (χ1) is 11.8. The van der Waals surface area contributed by atoms with Crippen molar-refractivity contribution in [1.29, 1.82) is 0 Å². The summed E-state index contributed by atoms with van der Waals surface area (Å²) in [5, 5.41) is 6.31. The van der Waals surface area contributed by atoms with Crippen LogP contribution in [-0.2, 0) is 0 Å². The van der Waals surface area contributed by atoms with Crippen LogP contribution in [0.25, 0.3) is 47.4 Å². The molecule has 0 saturated carbocycles. The molecule has 4 heterocycles. The summed E-state index contributed by atoms with van der Waals surface area (Å²) in [5.41, 5.74) is 1.08. The van der Waals surface area contributed by atoms with Gasteiger partial charge >= 0.3 is 0 Å². The van der Waals surface area contributed by atoms with E-state index in [1.54, 1.807) is 17.5 Å². The average Bonchev–Trinajstić information content (AvgIpc) is 3.15. The molecule has 0 saturated heterocycles. The van der Waals surface area contributed by atoms with Crippen LogP contribution in [0.3, 0.4) is 0 Å². The van der Waals surface area contributed by atoms with Gasteiger partial charge in [-0.25, -0.2) is 0 Å². The molecule has 0 radical (unpaired) electrons. The van der Waals surface area contributed by atoms with Gasteiger partial charge in [-0.05, 0) is 17.5 Å². The molecule has 0 aliphatic heterocycles. The van der Waals surface area contributed by atoms with E-state index < -0.39 is 0 Å². The first-order valence-electron chi connectivity index (χ1n) is 7.78. The third kappa shape index (κ3) is 1.30. The Balaban J connectivity index is 2.10. The molecule has 4 heteroatoms. The van der Waals surface area contributed by atoms with Gasteiger partial charge < -0.3 is 0 Å². The van der Waals surface area contributed by atoms with Gasteiger partial charge in [-0.1, -0.05) is 36.4 Å². The summed E-state index contributed by atoms with van der Waals surface area (Å²) in [6.07, 6.45) is 3.71.